The summed E-state index contributed by atoms with van der Waals surface area (Å²) < 4.78 is 33.9. The molecule has 0 spiro atoms. The molecule has 0 saturated carbocycles. The number of sulfonamides is 1. The fourth-order valence-electron chi connectivity index (χ4n) is 5.76. The minimum Gasteiger partial charge on any atom is -0.374 e. The van der Waals surface area contributed by atoms with E-state index in [1.807, 2.05) is 6.07 Å². The number of aryl methyl sites for hydroxylation is 1. The quantitative estimate of drug-likeness (QED) is 0.552. The highest BCUT2D eigenvalue weighted by Gasteiger charge is 2.42. The van der Waals surface area contributed by atoms with E-state index in [1.54, 1.807) is 17.0 Å². The van der Waals surface area contributed by atoms with Crippen molar-refractivity contribution in [2.75, 3.05) is 44.7 Å². The molecule has 0 radical (unpaired) electrons. The zero-order valence-corrected chi connectivity index (χ0v) is 21.6. The number of aromatic nitrogens is 1. The molecule has 0 aliphatic carbocycles. The van der Waals surface area contributed by atoms with Gasteiger partial charge in [-0.2, -0.15) is 4.31 Å². The van der Waals surface area contributed by atoms with Crippen LogP contribution in [0.25, 0.3) is 22.2 Å². The van der Waals surface area contributed by atoms with Gasteiger partial charge in [-0.3, -0.25) is 4.79 Å². The molecule has 4 heterocycles. The van der Waals surface area contributed by atoms with Crippen LogP contribution in [0.1, 0.15) is 24.8 Å². The van der Waals surface area contributed by atoms with Gasteiger partial charge in [-0.25, -0.2) is 8.42 Å². The third-order valence-corrected chi connectivity index (χ3v) is 9.57. The van der Waals surface area contributed by atoms with E-state index < -0.39 is 10.0 Å². The van der Waals surface area contributed by atoms with Gasteiger partial charge in [0.1, 0.15) is 0 Å². The lowest BCUT2D eigenvalue weighted by Crippen LogP contribution is -2.46. The van der Waals surface area contributed by atoms with Crippen LogP contribution in [0.5, 0.6) is 0 Å². The first-order valence-corrected chi connectivity index (χ1v) is 14.1. The predicted octanol–water partition coefficient (Wildman–Crippen LogP) is 3.36. The number of likely N-dealkylation sites (tertiary alicyclic amines) is 1. The molecule has 190 valence electrons. The molecule has 2 atom stereocenters. The van der Waals surface area contributed by atoms with Crippen LogP contribution in [0.4, 0.5) is 5.69 Å². The molecule has 3 aromatic rings. The molecule has 2 aromatic carbocycles. The maximum atomic E-state index is 13.6. The van der Waals surface area contributed by atoms with Crippen LogP contribution in [0.2, 0.25) is 0 Å². The highest BCUT2D eigenvalue weighted by Crippen LogP contribution is 2.37. The van der Waals surface area contributed by atoms with E-state index in [0.29, 0.717) is 13.2 Å². The van der Waals surface area contributed by atoms with Gasteiger partial charge in [-0.15, -0.1) is 0 Å². The first-order chi connectivity index (χ1) is 17.3. The predicted molar refractivity (Wildman–Crippen MR) is 140 cm³/mol. The lowest BCUT2D eigenvalue weighted by atomic mass is 10.1. The maximum Gasteiger partial charge on any atom is 0.243 e. The Morgan fingerprint density at radius 1 is 1.14 bits per heavy atom. The minimum absolute atomic E-state index is 0.0654. The fraction of sp³-hybridized carbons (Fsp3) is 0.444. The summed E-state index contributed by atoms with van der Waals surface area (Å²) in [5.41, 5.74) is 4.97. The number of ether oxygens (including phenoxy) is 1. The van der Waals surface area contributed by atoms with Gasteiger partial charge in [0.15, 0.2) is 0 Å². The molecular formula is C27H32N4O4S. The second-order valence-corrected chi connectivity index (χ2v) is 12.3. The Morgan fingerprint density at radius 2 is 1.94 bits per heavy atom. The Bertz CT molecular complexity index is 1430. The third-order valence-electron chi connectivity index (χ3n) is 7.77. The molecule has 1 aromatic heterocycles. The van der Waals surface area contributed by atoms with Gasteiger partial charge in [-0.1, -0.05) is 12.1 Å². The molecule has 2 bridgehead atoms. The van der Waals surface area contributed by atoms with Crippen LogP contribution in [-0.2, 0) is 19.6 Å². The Morgan fingerprint density at radius 3 is 2.67 bits per heavy atom. The number of rotatable bonds is 6. The summed E-state index contributed by atoms with van der Waals surface area (Å²) in [5, 5.41) is 1.09. The van der Waals surface area contributed by atoms with E-state index >= 15 is 0 Å². The number of carbonyl (C=O) groups is 1. The Labute approximate surface area is 211 Å². The SMILES string of the molecule is Cc1ccc2cc(-c3cc(S(=O)(=O)N(C)CC(=O)N4CC5CC4CO5)ccc3N3CCCC3)[nH]c2c1. The monoisotopic (exact) mass is 508 g/mol. The number of hydrogen-bond acceptors (Lipinski definition) is 5. The molecular weight excluding hydrogens is 476 g/mol. The van der Waals surface area contributed by atoms with Crippen LogP contribution >= 0.6 is 0 Å². The number of nitrogens with one attached hydrogen (secondary N) is 1. The van der Waals surface area contributed by atoms with Crippen molar-refractivity contribution in [2.24, 2.45) is 0 Å². The van der Waals surface area contributed by atoms with Crippen LogP contribution in [0, 0.1) is 6.92 Å². The summed E-state index contributed by atoms with van der Waals surface area (Å²) in [6.45, 7) is 4.87. The van der Waals surface area contributed by atoms with Crippen molar-refractivity contribution in [3.05, 3.63) is 48.0 Å². The smallest absolute Gasteiger partial charge is 0.243 e. The highest BCUT2D eigenvalue weighted by atomic mass is 32.2. The molecule has 8 nitrogen and oxygen atoms in total. The summed E-state index contributed by atoms with van der Waals surface area (Å²) >= 11 is 0. The van der Waals surface area contributed by atoms with Gasteiger partial charge in [0, 0.05) is 54.5 Å². The first-order valence-electron chi connectivity index (χ1n) is 12.7. The lowest BCUT2D eigenvalue weighted by Gasteiger charge is -2.28. The maximum absolute atomic E-state index is 13.6. The number of likely N-dealkylation sites (N-methyl/N-ethyl adjacent to an activating group) is 1. The summed E-state index contributed by atoms with van der Waals surface area (Å²) in [6.07, 6.45) is 3.17. The zero-order valence-electron chi connectivity index (χ0n) is 20.7. The van der Waals surface area contributed by atoms with Crippen molar-refractivity contribution in [1.82, 2.24) is 14.2 Å². The summed E-state index contributed by atoms with van der Waals surface area (Å²) in [5.74, 6) is -0.170. The Kier molecular flexibility index (Phi) is 5.81. The second kappa shape index (κ2) is 8.90. The Balaban J connectivity index is 1.33. The van der Waals surface area contributed by atoms with Crippen molar-refractivity contribution >= 4 is 32.5 Å². The van der Waals surface area contributed by atoms with Crippen molar-refractivity contribution in [1.29, 1.82) is 0 Å². The van der Waals surface area contributed by atoms with Gasteiger partial charge < -0.3 is 19.5 Å². The molecule has 1 amide bonds. The standard InChI is InChI=1S/C27H32N4O4S/c1-18-5-6-19-12-25(28-24(19)11-18)23-14-22(7-8-26(23)30-9-3-4-10-30)36(33,34)29(2)16-27(32)31-15-21-13-20(31)17-35-21/h5-8,11-12,14,20-21,28H,3-4,9-10,13,15-17H2,1-2H3. The van der Waals surface area contributed by atoms with Gasteiger partial charge in [0.2, 0.25) is 15.9 Å². The molecule has 3 aliphatic rings. The largest absolute Gasteiger partial charge is 0.374 e. The molecule has 3 aliphatic heterocycles. The van der Waals surface area contributed by atoms with Crippen LogP contribution in [0.3, 0.4) is 0 Å². The number of hydrogen-bond donors (Lipinski definition) is 1. The third kappa shape index (κ3) is 4.09. The van der Waals surface area contributed by atoms with Gasteiger partial charge >= 0.3 is 0 Å². The van der Waals surface area contributed by atoms with E-state index in [0.717, 1.165) is 65.8 Å². The fourth-order valence-corrected chi connectivity index (χ4v) is 6.91. The number of carbonyl (C=O) groups excluding carboxylic acids is 1. The van der Waals surface area contributed by atoms with E-state index in [4.69, 9.17) is 4.74 Å². The molecule has 3 fully saturated rings. The molecule has 1 N–H and O–H groups in total. The molecule has 2 unspecified atom stereocenters. The van der Waals surface area contributed by atoms with Crippen LogP contribution in [0.15, 0.2) is 47.4 Å². The summed E-state index contributed by atoms with van der Waals surface area (Å²) in [7, 11) is -2.38. The molecule has 6 rings (SSSR count). The topological polar surface area (TPSA) is 85.9 Å². The highest BCUT2D eigenvalue weighted by molar-refractivity contribution is 7.89. The summed E-state index contributed by atoms with van der Waals surface area (Å²) in [6, 6.07) is 13.7. The lowest BCUT2D eigenvalue weighted by molar-refractivity contribution is -0.135. The molecule has 9 heteroatoms. The van der Waals surface area contributed by atoms with Crippen LogP contribution in [-0.4, -0.2) is 80.5 Å². The summed E-state index contributed by atoms with van der Waals surface area (Å²) in [4.78, 5) is 20.7. The van der Waals surface area contributed by atoms with Crippen molar-refractivity contribution in [3.8, 4) is 11.3 Å². The number of amides is 1. The average Bonchev–Trinajstić information content (AvgIpc) is 3.67. The van der Waals surface area contributed by atoms with Crippen molar-refractivity contribution in [3.63, 3.8) is 0 Å². The second-order valence-electron chi connectivity index (χ2n) is 10.3. The number of H-pyrrole nitrogens is 1. The van der Waals surface area contributed by atoms with E-state index in [2.05, 4.69) is 41.1 Å². The van der Waals surface area contributed by atoms with Crippen LogP contribution < -0.4 is 4.90 Å². The number of nitrogens with zero attached hydrogens (tertiary/aromatic N) is 3. The van der Waals surface area contributed by atoms with Crippen molar-refractivity contribution < 1.29 is 17.9 Å². The molecule has 36 heavy (non-hydrogen) atoms. The van der Waals surface area contributed by atoms with Gasteiger partial charge in [-0.05, 0) is 62.1 Å². The normalized spacial score (nSPS) is 21.9. The Hall–Kier alpha value is -2.88. The van der Waals surface area contributed by atoms with E-state index in [-0.39, 0.29) is 29.5 Å². The first kappa shape index (κ1) is 23.5. The number of anilines is 1. The molecule has 3 saturated heterocycles. The number of fused-ring (bicyclic) bond motifs is 3. The zero-order chi connectivity index (χ0) is 25.0. The van der Waals surface area contributed by atoms with E-state index in [9.17, 15) is 13.2 Å². The van der Waals surface area contributed by atoms with Gasteiger partial charge in [0.25, 0.3) is 0 Å². The van der Waals surface area contributed by atoms with E-state index in [1.165, 1.54) is 11.4 Å². The number of benzene rings is 2. The minimum atomic E-state index is -3.86. The number of aromatic amines is 1. The van der Waals surface area contributed by atoms with Crippen molar-refractivity contribution in [2.45, 2.75) is 43.2 Å². The average molecular weight is 509 g/mol. The number of morpholine rings is 1. The van der Waals surface area contributed by atoms with Gasteiger partial charge in [0.05, 0.1) is 30.2 Å².